The maximum Gasteiger partial charge on any atom is 0.296 e. The molecule has 0 radical (unpaired) electrons. The Morgan fingerprint density at radius 2 is 1.81 bits per heavy atom. The third-order valence-corrected chi connectivity index (χ3v) is 5.20. The molecule has 0 saturated carbocycles. The third kappa shape index (κ3) is 4.35. The molecule has 1 fully saturated rings. The van der Waals surface area contributed by atoms with Crippen molar-refractivity contribution in [1.82, 2.24) is 9.91 Å². The van der Waals surface area contributed by atoms with E-state index in [4.69, 9.17) is 4.74 Å². The van der Waals surface area contributed by atoms with Gasteiger partial charge in [-0.15, -0.1) is 5.11 Å². The number of nitrogens with zero attached hydrogens (tertiary/aromatic N) is 6. The predicted octanol–water partition coefficient (Wildman–Crippen LogP) is 3.30. The molecule has 2 atom stereocenters. The number of carbonyl (C=O) groups is 1. The van der Waals surface area contributed by atoms with Gasteiger partial charge in [0.25, 0.3) is 11.6 Å². The molecule has 2 unspecified atom stereocenters. The summed E-state index contributed by atoms with van der Waals surface area (Å²) >= 11 is 0. The highest BCUT2D eigenvalue weighted by atomic mass is 16.6. The lowest BCUT2D eigenvalue weighted by atomic mass is 10.1. The van der Waals surface area contributed by atoms with Gasteiger partial charge in [0.15, 0.2) is 11.7 Å². The van der Waals surface area contributed by atoms with Crippen LogP contribution in [-0.2, 0) is 9.53 Å². The van der Waals surface area contributed by atoms with E-state index in [-0.39, 0.29) is 23.4 Å². The van der Waals surface area contributed by atoms with Gasteiger partial charge in [0.2, 0.25) is 0 Å². The number of nitro benzene ring substituents is 1. The Labute approximate surface area is 179 Å². The number of amides is 1. The number of para-hydroxylation sites is 1. The van der Waals surface area contributed by atoms with Gasteiger partial charge in [-0.2, -0.15) is 10.2 Å². The number of carbonyl (C=O) groups excluding carboxylic acids is 1. The zero-order valence-electron chi connectivity index (χ0n) is 17.0. The maximum atomic E-state index is 13.3. The van der Waals surface area contributed by atoms with E-state index in [9.17, 15) is 14.9 Å². The van der Waals surface area contributed by atoms with Gasteiger partial charge < -0.3 is 4.74 Å². The van der Waals surface area contributed by atoms with Crippen LogP contribution in [0.3, 0.4) is 0 Å². The van der Waals surface area contributed by atoms with Crippen molar-refractivity contribution in [2.75, 3.05) is 26.3 Å². The molecule has 31 heavy (non-hydrogen) atoms. The molecule has 4 rings (SSSR count). The van der Waals surface area contributed by atoms with E-state index < -0.39 is 11.0 Å². The number of azo groups is 1. The molecule has 0 spiro atoms. The number of benzene rings is 2. The molecular formula is C21H22N6O4. The summed E-state index contributed by atoms with van der Waals surface area (Å²) in [5.41, 5.74) is 1.35. The Bertz CT molecular complexity index is 1020. The Kier molecular flexibility index (Phi) is 6.10. The lowest BCUT2D eigenvalue weighted by Crippen LogP contribution is -2.47. The quantitative estimate of drug-likeness (QED) is 0.403. The largest absolute Gasteiger partial charge is 0.379 e. The van der Waals surface area contributed by atoms with E-state index in [1.54, 1.807) is 19.1 Å². The van der Waals surface area contributed by atoms with Crippen molar-refractivity contribution in [3.05, 3.63) is 70.3 Å². The van der Waals surface area contributed by atoms with Gasteiger partial charge in [-0.1, -0.05) is 42.5 Å². The summed E-state index contributed by atoms with van der Waals surface area (Å²) in [7, 11) is 0. The van der Waals surface area contributed by atoms with Gasteiger partial charge in [0.05, 0.1) is 23.8 Å². The first-order valence-electron chi connectivity index (χ1n) is 9.95. The van der Waals surface area contributed by atoms with Gasteiger partial charge in [-0.05, 0) is 18.6 Å². The number of hydrogen-bond acceptors (Lipinski definition) is 8. The van der Waals surface area contributed by atoms with Crippen molar-refractivity contribution >= 4 is 23.0 Å². The molecule has 0 aromatic heterocycles. The number of hydrazone groups is 1. The van der Waals surface area contributed by atoms with Gasteiger partial charge in [0.1, 0.15) is 6.17 Å². The molecule has 2 heterocycles. The van der Waals surface area contributed by atoms with E-state index in [1.807, 2.05) is 30.3 Å². The van der Waals surface area contributed by atoms with Crippen molar-refractivity contribution in [2.45, 2.75) is 19.1 Å². The Balaban J connectivity index is 1.62. The highest BCUT2D eigenvalue weighted by Crippen LogP contribution is 2.32. The Morgan fingerprint density at radius 3 is 2.52 bits per heavy atom. The summed E-state index contributed by atoms with van der Waals surface area (Å²) in [5, 5.41) is 25.3. The van der Waals surface area contributed by atoms with Gasteiger partial charge in [0, 0.05) is 19.2 Å². The molecule has 2 aliphatic rings. The van der Waals surface area contributed by atoms with Crippen LogP contribution in [-0.4, -0.2) is 58.8 Å². The van der Waals surface area contributed by atoms with Crippen LogP contribution < -0.4 is 0 Å². The van der Waals surface area contributed by atoms with E-state index in [2.05, 4.69) is 20.2 Å². The SMILES string of the molecule is CC1=NN(C(c2ccccc2)N2CCOCC2)C(=O)C1N=Nc1ccccc1[N+](=O)[O-]. The van der Waals surface area contributed by atoms with E-state index in [0.29, 0.717) is 32.0 Å². The average Bonchev–Trinajstić information content (AvgIpc) is 3.07. The van der Waals surface area contributed by atoms with E-state index >= 15 is 0 Å². The zero-order valence-corrected chi connectivity index (χ0v) is 17.0. The number of hydrogen-bond donors (Lipinski definition) is 0. The predicted molar refractivity (Wildman–Crippen MR) is 113 cm³/mol. The summed E-state index contributed by atoms with van der Waals surface area (Å²) in [6.07, 6.45) is -0.390. The zero-order chi connectivity index (χ0) is 21.8. The number of morpholine rings is 1. The fourth-order valence-electron chi connectivity index (χ4n) is 3.66. The fourth-order valence-corrected chi connectivity index (χ4v) is 3.66. The molecule has 10 nitrogen and oxygen atoms in total. The first-order valence-corrected chi connectivity index (χ1v) is 9.95. The lowest BCUT2D eigenvalue weighted by molar-refractivity contribution is -0.384. The molecule has 2 aliphatic heterocycles. The first-order chi connectivity index (χ1) is 15.1. The summed E-state index contributed by atoms with van der Waals surface area (Å²) in [4.78, 5) is 26.1. The van der Waals surface area contributed by atoms with Crippen molar-refractivity contribution in [3.63, 3.8) is 0 Å². The van der Waals surface area contributed by atoms with Crippen LogP contribution in [0.15, 0.2) is 69.9 Å². The monoisotopic (exact) mass is 422 g/mol. The minimum atomic E-state index is -0.924. The maximum absolute atomic E-state index is 13.3. The molecule has 0 N–H and O–H groups in total. The highest BCUT2D eigenvalue weighted by Gasteiger charge is 2.41. The molecule has 10 heteroatoms. The summed E-state index contributed by atoms with van der Waals surface area (Å²) in [6, 6.07) is 14.8. The number of rotatable bonds is 6. The van der Waals surface area contributed by atoms with Crippen LogP contribution in [0.5, 0.6) is 0 Å². The summed E-state index contributed by atoms with van der Waals surface area (Å²) < 4.78 is 5.47. The smallest absolute Gasteiger partial charge is 0.296 e. The van der Waals surface area contributed by atoms with Crippen LogP contribution in [0.2, 0.25) is 0 Å². The second-order valence-electron chi connectivity index (χ2n) is 7.22. The van der Waals surface area contributed by atoms with Crippen molar-refractivity contribution in [2.24, 2.45) is 15.3 Å². The molecule has 160 valence electrons. The summed E-state index contributed by atoms with van der Waals surface area (Å²) in [6.45, 7) is 4.20. The van der Waals surface area contributed by atoms with Gasteiger partial charge >= 0.3 is 0 Å². The molecule has 0 bridgehead atoms. The summed E-state index contributed by atoms with van der Waals surface area (Å²) in [5.74, 6) is -0.319. The second kappa shape index (κ2) is 9.11. The molecule has 1 saturated heterocycles. The van der Waals surface area contributed by atoms with Gasteiger partial charge in [-0.3, -0.25) is 19.8 Å². The van der Waals surface area contributed by atoms with Crippen molar-refractivity contribution in [1.29, 1.82) is 0 Å². The molecular weight excluding hydrogens is 400 g/mol. The average molecular weight is 422 g/mol. The number of nitro groups is 1. The minimum Gasteiger partial charge on any atom is -0.379 e. The minimum absolute atomic E-state index is 0.0966. The normalized spacial score (nSPS) is 20.8. The van der Waals surface area contributed by atoms with Crippen LogP contribution in [0.4, 0.5) is 11.4 Å². The molecule has 2 aromatic carbocycles. The number of ether oxygens (including phenoxy) is 1. The molecule has 2 aromatic rings. The Hall–Kier alpha value is -3.50. The standard InChI is InChI=1S/C21H22N6O4/c1-15-19(23-22-17-9-5-6-10-18(17)27(29)30)21(28)26(24-15)20(16-7-3-2-4-8-16)25-11-13-31-14-12-25/h2-10,19-20H,11-14H2,1H3. The lowest BCUT2D eigenvalue weighted by Gasteiger charge is -2.38. The molecule has 0 aliphatic carbocycles. The van der Waals surface area contributed by atoms with E-state index in [0.717, 1.165) is 5.56 Å². The van der Waals surface area contributed by atoms with Crippen LogP contribution in [0, 0.1) is 10.1 Å². The van der Waals surface area contributed by atoms with Crippen molar-refractivity contribution in [3.8, 4) is 0 Å². The van der Waals surface area contributed by atoms with Crippen LogP contribution >= 0.6 is 0 Å². The fraction of sp³-hybridized carbons (Fsp3) is 0.333. The third-order valence-electron chi connectivity index (χ3n) is 5.20. The van der Waals surface area contributed by atoms with Crippen molar-refractivity contribution < 1.29 is 14.5 Å². The van der Waals surface area contributed by atoms with E-state index in [1.165, 1.54) is 17.1 Å². The van der Waals surface area contributed by atoms with Crippen LogP contribution in [0.1, 0.15) is 18.7 Å². The van der Waals surface area contributed by atoms with Gasteiger partial charge in [-0.25, -0.2) is 5.01 Å². The second-order valence-corrected chi connectivity index (χ2v) is 7.22. The topological polar surface area (TPSA) is 113 Å². The van der Waals surface area contributed by atoms with Crippen LogP contribution in [0.25, 0.3) is 0 Å². The Morgan fingerprint density at radius 1 is 1.13 bits per heavy atom. The highest BCUT2D eigenvalue weighted by molar-refractivity contribution is 6.10. The molecule has 1 amide bonds. The first kappa shape index (κ1) is 20.8.